The van der Waals surface area contributed by atoms with Crippen LogP contribution in [0.3, 0.4) is 0 Å². The third-order valence-corrected chi connectivity index (χ3v) is 4.93. The van der Waals surface area contributed by atoms with Crippen molar-refractivity contribution in [1.82, 2.24) is 5.32 Å². The molecular formula is C15H21NO2S. The van der Waals surface area contributed by atoms with Gasteiger partial charge in [0.1, 0.15) is 6.04 Å². The number of carbonyl (C=O) groups is 1. The van der Waals surface area contributed by atoms with Crippen molar-refractivity contribution in [3.05, 3.63) is 35.4 Å². The highest BCUT2D eigenvalue weighted by Gasteiger charge is 2.32. The maximum Gasteiger partial charge on any atom is 0.323 e. The number of thioether (sulfide) groups is 1. The first-order chi connectivity index (χ1) is 9.15. The molecule has 0 aromatic heterocycles. The zero-order chi connectivity index (χ0) is 13.8. The highest BCUT2D eigenvalue weighted by Crippen LogP contribution is 2.32. The molecule has 1 aliphatic rings. The highest BCUT2D eigenvalue weighted by atomic mass is 32.2. The molecule has 0 aliphatic carbocycles. The van der Waals surface area contributed by atoms with E-state index >= 15 is 0 Å². The van der Waals surface area contributed by atoms with Crippen molar-refractivity contribution in [2.75, 3.05) is 12.9 Å². The molecule has 19 heavy (non-hydrogen) atoms. The fraction of sp³-hybridized carbons (Fsp3) is 0.533. The number of carbonyl (C=O) groups excluding carboxylic acids is 1. The van der Waals surface area contributed by atoms with Gasteiger partial charge in [-0.05, 0) is 17.5 Å². The zero-order valence-electron chi connectivity index (χ0n) is 11.7. The van der Waals surface area contributed by atoms with Crippen LogP contribution in [0.15, 0.2) is 24.3 Å². The minimum atomic E-state index is -0.206. The first kappa shape index (κ1) is 14.4. The third kappa shape index (κ3) is 3.31. The molecule has 3 unspecified atom stereocenters. The van der Waals surface area contributed by atoms with Crippen LogP contribution in [-0.4, -0.2) is 30.1 Å². The summed E-state index contributed by atoms with van der Waals surface area (Å²) in [6, 6.07) is 8.64. The molecule has 104 valence electrons. The van der Waals surface area contributed by atoms with Crippen LogP contribution < -0.4 is 5.32 Å². The van der Waals surface area contributed by atoms with Gasteiger partial charge in [-0.3, -0.25) is 10.1 Å². The summed E-state index contributed by atoms with van der Waals surface area (Å²) in [5.41, 5.74) is 2.58. The molecule has 1 aromatic rings. The summed E-state index contributed by atoms with van der Waals surface area (Å²) in [7, 11) is 1.44. The minimum Gasteiger partial charge on any atom is -0.468 e. The lowest BCUT2D eigenvalue weighted by molar-refractivity contribution is -0.142. The van der Waals surface area contributed by atoms with Crippen LogP contribution in [0.1, 0.15) is 31.0 Å². The van der Waals surface area contributed by atoms with Gasteiger partial charge in [-0.15, -0.1) is 0 Å². The van der Waals surface area contributed by atoms with Crippen LogP contribution in [0, 0.1) is 0 Å². The van der Waals surface area contributed by atoms with Crippen LogP contribution >= 0.6 is 11.8 Å². The molecule has 4 heteroatoms. The monoisotopic (exact) mass is 279 g/mol. The standard InChI is InChI=1S/C15H21NO2S/c1-4-11-5-7-12(8-6-11)14-10(2)19-9-13(16-14)15(17)18-3/h5-8,10,13-14,16H,4,9H2,1-3H3. The average Bonchev–Trinajstić information content (AvgIpc) is 2.47. The molecule has 2 rings (SSSR count). The van der Waals surface area contributed by atoms with Gasteiger partial charge in [0.2, 0.25) is 0 Å². The fourth-order valence-electron chi connectivity index (χ4n) is 2.35. The Hall–Kier alpha value is -1.00. The maximum absolute atomic E-state index is 11.7. The Morgan fingerprint density at radius 1 is 1.42 bits per heavy atom. The summed E-state index contributed by atoms with van der Waals surface area (Å²) in [5.74, 6) is 0.603. The predicted molar refractivity (Wildman–Crippen MR) is 79.4 cm³/mol. The summed E-state index contributed by atoms with van der Waals surface area (Å²) in [4.78, 5) is 11.7. The highest BCUT2D eigenvalue weighted by molar-refractivity contribution is 8.00. The van der Waals surface area contributed by atoms with Crippen molar-refractivity contribution in [3.8, 4) is 0 Å². The van der Waals surface area contributed by atoms with E-state index in [1.165, 1.54) is 18.2 Å². The molecule has 1 N–H and O–H groups in total. The van der Waals surface area contributed by atoms with E-state index in [0.29, 0.717) is 5.25 Å². The number of hydrogen-bond acceptors (Lipinski definition) is 4. The lowest BCUT2D eigenvalue weighted by Crippen LogP contribution is -2.48. The second kappa shape index (κ2) is 6.44. The largest absolute Gasteiger partial charge is 0.468 e. The molecule has 0 bridgehead atoms. The summed E-state index contributed by atoms with van der Waals surface area (Å²) in [6.45, 7) is 4.35. The number of nitrogens with one attached hydrogen (secondary N) is 1. The van der Waals surface area contributed by atoms with E-state index in [9.17, 15) is 4.79 Å². The van der Waals surface area contributed by atoms with Crippen LogP contribution in [0.4, 0.5) is 0 Å². The smallest absolute Gasteiger partial charge is 0.323 e. The lowest BCUT2D eigenvalue weighted by atomic mass is 10.0. The van der Waals surface area contributed by atoms with Crippen LogP contribution in [0.5, 0.6) is 0 Å². The lowest BCUT2D eigenvalue weighted by Gasteiger charge is -2.34. The van der Waals surface area contributed by atoms with Crippen LogP contribution in [0.25, 0.3) is 0 Å². The van der Waals surface area contributed by atoms with Crippen molar-refractivity contribution in [1.29, 1.82) is 0 Å². The first-order valence-electron chi connectivity index (χ1n) is 6.70. The van der Waals surface area contributed by atoms with Gasteiger partial charge >= 0.3 is 5.97 Å². The van der Waals surface area contributed by atoms with E-state index in [0.717, 1.165) is 12.2 Å². The summed E-state index contributed by atoms with van der Waals surface area (Å²) in [5, 5.41) is 3.86. The molecule has 1 heterocycles. The summed E-state index contributed by atoms with van der Waals surface area (Å²) in [6.07, 6.45) is 1.05. The number of benzene rings is 1. The van der Waals surface area contributed by atoms with Crippen molar-refractivity contribution in [2.24, 2.45) is 0 Å². The van der Waals surface area contributed by atoms with Crippen molar-refractivity contribution in [2.45, 2.75) is 37.6 Å². The topological polar surface area (TPSA) is 38.3 Å². The Balaban J connectivity index is 2.13. The fourth-order valence-corrected chi connectivity index (χ4v) is 3.51. The Bertz CT molecular complexity index is 432. The van der Waals surface area contributed by atoms with E-state index in [1.54, 1.807) is 0 Å². The predicted octanol–water partition coefficient (Wildman–Crippen LogP) is 2.56. The normalized spacial score (nSPS) is 27.0. The number of ether oxygens (including phenoxy) is 1. The van der Waals surface area contributed by atoms with Crippen LogP contribution in [-0.2, 0) is 16.0 Å². The van der Waals surface area contributed by atoms with Gasteiger partial charge in [0.25, 0.3) is 0 Å². The Morgan fingerprint density at radius 2 is 2.11 bits per heavy atom. The van der Waals surface area contributed by atoms with E-state index in [1.807, 2.05) is 11.8 Å². The minimum absolute atomic E-state index is 0.172. The van der Waals surface area contributed by atoms with E-state index in [2.05, 4.69) is 43.4 Å². The summed E-state index contributed by atoms with van der Waals surface area (Å²) >= 11 is 1.82. The second-order valence-corrected chi connectivity index (χ2v) is 6.26. The SMILES string of the molecule is CCc1ccc(C2NC(C(=O)OC)CSC2C)cc1. The third-order valence-electron chi connectivity index (χ3n) is 3.61. The first-order valence-corrected chi connectivity index (χ1v) is 7.75. The molecule has 1 fully saturated rings. The van der Waals surface area contributed by atoms with Gasteiger partial charge in [0.15, 0.2) is 0 Å². The number of aryl methyl sites for hydroxylation is 1. The molecule has 1 aliphatic heterocycles. The molecular weight excluding hydrogens is 258 g/mol. The Labute approximate surface area is 119 Å². The maximum atomic E-state index is 11.7. The van der Waals surface area contributed by atoms with Gasteiger partial charge in [-0.25, -0.2) is 0 Å². The number of methoxy groups -OCH3 is 1. The number of rotatable bonds is 3. The quantitative estimate of drug-likeness (QED) is 0.863. The molecule has 0 radical (unpaired) electrons. The number of hydrogen-bond donors (Lipinski definition) is 1. The molecule has 3 nitrogen and oxygen atoms in total. The van der Waals surface area contributed by atoms with Crippen LogP contribution in [0.2, 0.25) is 0 Å². The Kier molecular flexibility index (Phi) is 4.88. The molecule has 3 atom stereocenters. The second-order valence-electron chi connectivity index (χ2n) is 4.85. The Morgan fingerprint density at radius 3 is 2.68 bits per heavy atom. The summed E-state index contributed by atoms with van der Waals surface area (Å²) < 4.78 is 4.83. The molecule has 0 spiro atoms. The van der Waals surface area contributed by atoms with Crippen molar-refractivity contribution < 1.29 is 9.53 Å². The van der Waals surface area contributed by atoms with Gasteiger partial charge in [0, 0.05) is 17.0 Å². The van der Waals surface area contributed by atoms with Crippen molar-refractivity contribution >= 4 is 17.7 Å². The van der Waals surface area contributed by atoms with E-state index in [4.69, 9.17) is 4.74 Å². The molecule has 0 amide bonds. The van der Waals surface area contributed by atoms with Gasteiger partial charge in [-0.2, -0.15) is 11.8 Å². The zero-order valence-corrected chi connectivity index (χ0v) is 12.5. The van der Waals surface area contributed by atoms with E-state index in [-0.39, 0.29) is 18.1 Å². The van der Waals surface area contributed by atoms with Gasteiger partial charge in [-0.1, -0.05) is 38.1 Å². The molecule has 1 aromatic carbocycles. The van der Waals surface area contributed by atoms with Gasteiger partial charge in [0.05, 0.1) is 7.11 Å². The van der Waals surface area contributed by atoms with E-state index < -0.39 is 0 Å². The molecule has 1 saturated heterocycles. The molecule has 0 saturated carbocycles. The van der Waals surface area contributed by atoms with Crippen molar-refractivity contribution in [3.63, 3.8) is 0 Å². The average molecular weight is 279 g/mol. The number of esters is 1. The van der Waals surface area contributed by atoms with Gasteiger partial charge < -0.3 is 4.74 Å².